The molecule has 3 rings (SSSR count). The van der Waals surface area contributed by atoms with Crippen LogP contribution in [0.1, 0.15) is 21.5 Å². The molecule has 0 aliphatic heterocycles. The fraction of sp³-hybridized carbons (Fsp3) is 0.0952. The molecule has 0 saturated carbocycles. The number of rotatable bonds is 7. The van der Waals surface area contributed by atoms with Gasteiger partial charge in [0, 0.05) is 32.8 Å². The van der Waals surface area contributed by atoms with E-state index in [2.05, 4.69) is 0 Å². The van der Waals surface area contributed by atoms with Crippen molar-refractivity contribution in [1.29, 1.82) is 0 Å². The molecule has 4 nitrogen and oxygen atoms in total. The van der Waals surface area contributed by atoms with Crippen LogP contribution < -0.4 is 14.6 Å². The van der Waals surface area contributed by atoms with Crippen molar-refractivity contribution in [2.24, 2.45) is 0 Å². The molecule has 27 heavy (non-hydrogen) atoms. The number of carboxylic acid groups (broad SMARTS) is 1. The second kappa shape index (κ2) is 8.80. The van der Waals surface area contributed by atoms with Crippen LogP contribution in [-0.2, 0) is 13.2 Å². The van der Waals surface area contributed by atoms with Gasteiger partial charge in [-0.3, -0.25) is 0 Å². The Kier molecular flexibility index (Phi) is 6.22. The quantitative estimate of drug-likeness (QED) is 0.583. The highest BCUT2D eigenvalue weighted by molar-refractivity contribution is 6.31. The Morgan fingerprint density at radius 3 is 1.63 bits per heavy atom. The Balaban J connectivity index is 1.77. The van der Waals surface area contributed by atoms with Crippen LogP contribution in [0.25, 0.3) is 0 Å². The summed E-state index contributed by atoms with van der Waals surface area (Å²) in [6.07, 6.45) is 0. The molecule has 0 aliphatic carbocycles. The predicted molar refractivity (Wildman–Crippen MR) is 102 cm³/mol. The summed E-state index contributed by atoms with van der Waals surface area (Å²) in [6, 6.07) is 18.9. The zero-order valence-corrected chi connectivity index (χ0v) is 15.7. The summed E-state index contributed by atoms with van der Waals surface area (Å²) >= 11 is 12.2. The fourth-order valence-corrected chi connectivity index (χ4v) is 2.79. The van der Waals surface area contributed by atoms with Crippen molar-refractivity contribution in [3.63, 3.8) is 0 Å². The van der Waals surface area contributed by atoms with E-state index in [-0.39, 0.29) is 18.8 Å². The van der Waals surface area contributed by atoms with E-state index in [0.29, 0.717) is 21.5 Å². The summed E-state index contributed by atoms with van der Waals surface area (Å²) in [5, 5.41) is 12.4. The van der Waals surface area contributed by atoms with Crippen molar-refractivity contribution in [3.8, 4) is 11.5 Å². The maximum absolute atomic E-state index is 11.3. The predicted octanol–water partition coefficient (Wildman–Crippen LogP) is 4.51. The summed E-state index contributed by atoms with van der Waals surface area (Å²) < 4.78 is 11.4. The third-order valence-corrected chi connectivity index (χ3v) is 4.56. The molecule has 0 spiro atoms. The van der Waals surface area contributed by atoms with Crippen molar-refractivity contribution >= 4 is 29.2 Å². The van der Waals surface area contributed by atoms with Crippen molar-refractivity contribution in [1.82, 2.24) is 0 Å². The van der Waals surface area contributed by atoms with Crippen LogP contribution in [0.5, 0.6) is 11.5 Å². The molecule has 0 heterocycles. The average Bonchev–Trinajstić information content (AvgIpc) is 2.66. The van der Waals surface area contributed by atoms with E-state index in [0.717, 1.165) is 11.1 Å². The maximum atomic E-state index is 11.3. The van der Waals surface area contributed by atoms with Crippen molar-refractivity contribution in [3.05, 3.63) is 93.5 Å². The minimum atomic E-state index is -1.32. The number of ether oxygens (including phenoxy) is 2. The van der Waals surface area contributed by atoms with E-state index in [9.17, 15) is 9.90 Å². The van der Waals surface area contributed by atoms with Crippen molar-refractivity contribution in [2.75, 3.05) is 0 Å². The molecule has 0 unspecified atom stereocenters. The van der Waals surface area contributed by atoms with E-state index < -0.39 is 5.97 Å². The van der Waals surface area contributed by atoms with E-state index in [1.807, 2.05) is 36.4 Å². The largest absolute Gasteiger partial charge is 0.545 e. The molecule has 0 saturated heterocycles. The third kappa shape index (κ3) is 5.16. The van der Waals surface area contributed by atoms with Gasteiger partial charge in [-0.2, -0.15) is 0 Å². The van der Waals surface area contributed by atoms with Gasteiger partial charge in [0.05, 0.1) is 5.97 Å². The smallest absolute Gasteiger partial charge is 0.124 e. The van der Waals surface area contributed by atoms with Crippen molar-refractivity contribution in [2.45, 2.75) is 13.2 Å². The van der Waals surface area contributed by atoms with Gasteiger partial charge in [-0.25, -0.2) is 0 Å². The monoisotopic (exact) mass is 401 g/mol. The normalized spacial score (nSPS) is 10.4. The zero-order valence-electron chi connectivity index (χ0n) is 14.2. The van der Waals surface area contributed by atoms with Gasteiger partial charge in [-0.1, -0.05) is 59.6 Å². The fourth-order valence-electron chi connectivity index (χ4n) is 2.41. The SMILES string of the molecule is O=C([O-])c1cc(OCc2ccccc2Cl)cc(OCc2ccccc2Cl)c1. The molecular formula is C21H15Cl2O4-. The van der Waals surface area contributed by atoms with Crippen LogP contribution in [0.3, 0.4) is 0 Å². The molecule has 0 bridgehead atoms. The molecular weight excluding hydrogens is 387 g/mol. The Bertz CT molecular complexity index is 889. The molecule has 6 heteroatoms. The topological polar surface area (TPSA) is 58.6 Å². The number of benzene rings is 3. The van der Waals surface area contributed by atoms with Gasteiger partial charge in [0.25, 0.3) is 0 Å². The Hall–Kier alpha value is -2.69. The Morgan fingerprint density at radius 2 is 1.22 bits per heavy atom. The summed E-state index contributed by atoms with van der Waals surface area (Å²) in [6.45, 7) is 0.389. The summed E-state index contributed by atoms with van der Waals surface area (Å²) in [7, 11) is 0. The van der Waals surface area contributed by atoms with E-state index in [1.54, 1.807) is 18.2 Å². The first-order chi connectivity index (χ1) is 13.0. The van der Waals surface area contributed by atoms with Gasteiger partial charge in [0.2, 0.25) is 0 Å². The van der Waals surface area contributed by atoms with Crippen LogP contribution in [0.2, 0.25) is 10.0 Å². The summed E-state index contributed by atoms with van der Waals surface area (Å²) in [4.78, 5) is 11.3. The lowest BCUT2D eigenvalue weighted by molar-refractivity contribution is -0.255. The van der Waals surface area contributed by atoms with E-state index in [1.165, 1.54) is 12.1 Å². The lowest BCUT2D eigenvalue weighted by Gasteiger charge is -2.14. The van der Waals surface area contributed by atoms with Gasteiger partial charge in [-0.05, 0) is 24.3 Å². The maximum Gasteiger partial charge on any atom is 0.124 e. The standard InChI is InChI=1S/C21H16Cl2O4/c22-19-7-3-1-5-14(19)12-26-17-9-16(21(24)25)10-18(11-17)27-13-15-6-2-4-8-20(15)23/h1-11H,12-13H2,(H,24,25)/p-1. The van der Waals surface area contributed by atoms with Gasteiger partial charge in [0.15, 0.2) is 0 Å². The lowest BCUT2D eigenvalue weighted by atomic mass is 10.2. The number of carbonyl (C=O) groups excluding carboxylic acids is 1. The molecule has 0 aliphatic rings. The number of carbonyl (C=O) groups is 1. The van der Waals surface area contributed by atoms with E-state index in [4.69, 9.17) is 32.7 Å². The number of carboxylic acids is 1. The first-order valence-electron chi connectivity index (χ1n) is 8.12. The minimum Gasteiger partial charge on any atom is -0.545 e. The molecule has 0 atom stereocenters. The Morgan fingerprint density at radius 1 is 0.778 bits per heavy atom. The highest BCUT2D eigenvalue weighted by Gasteiger charge is 2.07. The first-order valence-corrected chi connectivity index (χ1v) is 8.87. The van der Waals surface area contributed by atoms with E-state index >= 15 is 0 Å². The molecule has 0 N–H and O–H groups in total. The molecule has 0 fully saturated rings. The van der Waals surface area contributed by atoms with Gasteiger partial charge >= 0.3 is 0 Å². The highest BCUT2D eigenvalue weighted by atomic mass is 35.5. The second-order valence-electron chi connectivity index (χ2n) is 5.74. The van der Waals surface area contributed by atoms with Gasteiger partial charge in [-0.15, -0.1) is 0 Å². The highest BCUT2D eigenvalue weighted by Crippen LogP contribution is 2.26. The number of halogens is 2. The molecule has 138 valence electrons. The summed E-state index contributed by atoms with van der Waals surface area (Å²) in [5.74, 6) is -0.641. The van der Waals surface area contributed by atoms with Gasteiger partial charge < -0.3 is 19.4 Å². The molecule has 0 aromatic heterocycles. The first kappa shape index (κ1) is 19.1. The molecule has 3 aromatic carbocycles. The van der Waals surface area contributed by atoms with Crippen molar-refractivity contribution < 1.29 is 19.4 Å². The second-order valence-corrected chi connectivity index (χ2v) is 6.56. The molecule has 0 amide bonds. The average molecular weight is 402 g/mol. The number of hydrogen-bond donors (Lipinski definition) is 0. The number of aromatic carboxylic acids is 1. The molecule has 0 radical (unpaired) electrons. The minimum absolute atomic E-state index is 0.0409. The van der Waals surface area contributed by atoms with Crippen LogP contribution >= 0.6 is 23.2 Å². The van der Waals surface area contributed by atoms with Crippen LogP contribution in [0.15, 0.2) is 66.7 Å². The van der Waals surface area contributed by atoms with Gasteiger partial charge in [0.1, 0.15) is 24.7 Å². The zero-order chi connectivity index (χ0) is 19.2. The summed E-state index contributed by atoms with van der Waals surface area (Å²) in [5.41, 5.74) is 1.54. The van der Waals surface area contributed by atoms with Crippen LogP contribution in [0, 0.1) is 0 Å². The molecule has 3 aromatic rings. The number of hydrogen-bond acceptors (Lipinski definition) is 4. The van der Waals surface area contributed by atoms with Crippen LogP contribution in [-0.4, -0.2) is 5.97 Å². The Labute approximate surface area is 166 Å². The lowest BCUT2D eigenvalue weighted by Crippen LogP contribution is -2.22. The third-order valence-electron chi connectivity index (χ3n) is 3.82. The van der Waals surface area contributed by atoms with Crippen LogP contribution in [0.4, 0.5) is 0 Å².